The van der Waals surface area contributed by atoms with Gasteiger partial charge < -0.3 is 10.0 Å². The van der Waals surface area contributed by atoms with E-state index < -0.39 is 5.97 Å². The molecule has 2 aromatic carbocycles. The topological polar surface area (TPSA) is 40.5 Å². The van der Waals surface area contributed by atoms with E-state index >= 15 is 0 Å². The number of likely N-dealkylation sites (N-methyl/N-ethyl adjacent to an activating group) is 1. The van der Waals surface area contributed by atoms with Crippen LogP contribution in [0.25, 0.3) is 11.1 Å². The van der Waals surface area contributed by atoms with E-state index in [9.17, 15) is 4.79 Å². The van der Waals surface area contributed by atoms with E-state index in [1.807, 2.05) is 6.92 Å². The summed E-state index contributed by atoms with van der Waals surface area (Å²) in [6, 6.07) is 15.2. The third-order valence-corrected chi connectivity index (χ3v) is 4.60. The maximum atomic E-state index is 10.8. The van der Waals surface area contributed by atoms with Crippen LogP contribution in [0.3, 0.4) is 0 Å². The molecule has 1 aliphatic heterocycles. The van der Waals surface area contributed by atoms with Crippen molar-refractivity contribution in [3.63, 3.8) is 0 Å². The highest BCUT2D eigenvalue weighted by molar-refractivity contribution is 5.70. The largest absolute Gasteiger partial charge is 0.481 e. The number of aliphatic carboxylic acids is 1. The molecule has 3 heteroatoms. The Kier molecular flexibility index (Phi) is 4.37. The summed E-state index contributed by atoms with van der Waals surface area (Å²) in [6.45, 7) is 3.08. The molecule has 0 aliphatic carbocycles. The standard InChI is InChI=1S/C20H23NO2/c1-14(12-20(22)23)11-15-3-5-16(6-4-15)17-7-8-19-18(13-17)9-10-21(19)2/h3-8,13-14H,9-12H2,1-2H3,(H,22,23). The number of anilines is 1. The van der Waals surface area contributed by atoms with Gasteiger partial charge in [-0.3, -0.25) is 4.79 Å². The molecule has 0 bridgehead atoms. The number of hydrogen-bond acceptors (Lipinski definition) is 2. The van der Waals surface area contributed by atoms with Crippen molar-refractivity contribution in [3.8, 4) is 11.1 Å². The zero-order valence-corrected chi connectivity index (χ0v) is 13.7. The van der Waals surface area contributed by atoms with Gasteiger partial charge in [-0.15, -0.1) is 0 Å². The Morgan fingerprint density at radius 2 is 1.87 bits per heavy atom. The van der Waals surface area contributed by atoms with Gasteiger partial charge in [0.25, 0.3) is 0 Å². The first kappa shape index (κ1) is 15.6. The summed E-state index contributed by atoms with van der Waals surface area (Å²) < 4.78 is 0. The number of fused-ring (bicyclic) bond motifs is 1. The van der Waals surface area contributed by atoms with E-state index in [-0.39, 0.29) is 12.3 Å². The molecule has 23 heavy (non-hydrogen) atoms. The molecule has 1 heterocycles. The fourth-order valence-corrected chi connectivity index (χ4v) is 3.35. The molecule has 0 spiro atoms. The normalized spacial score (nSPS) is 14.6. The summed E-state index contributed by atoms with van der Waals surface area (Å²) >= 11 is 0. The average Bonchev–Trinajstić information content (AvgIpc) is 2.88. The molecule has 3 nitrogen and oxygen atoms in total. The third kappa shape index (κ3) is 3.55. The van der Waals surface area contributed by atoms with Crippen LogP contribution in [0.5, 0.6) is 0 Å². The van der Waals surface area contributed by atoms with Crippen LogP contribution in [0.4, 0.5) is 5.69 Å². The minimum absolute atomic E-state index is 0.161. The molecular weight excluding hydrogens is 286 g/mol. The molecule has 1 unspecified atom stereocenters. The molecule has 0 amide bonds. The van der Waals surface area contributed by atoms with Gasteiger partial charge in [-0.1, -0.05) is 37.3 Å². The summed E-state index contributed by atoms with van der Waals surface area (Å²) in [6.07, 6.45) is 2.14. The first-order valence-corrected chi connectivity index (χ1v) is 8.18. The Morgan fingerprint density at radius 3 is 2.57 bits per heavy atom. The van der Waals surface area contributed by atoms with Gasteiger partial charge in [0.05, 0.1) is 0 Å². The van der Waals surface area contributed by atoms with Crippen LogP contribution in [0, 0.1) is 5.92 Å². The van der Waals surface area contributed by atoms with Crippen molar-refractivity contribution in [1.82, 2.24) is 0 Å². The van der Waals surface area contributed by atoms with Crippen LogP contribution in [0.2, 0.25) is 0 Å². The molecule has 0 saturated carbocycles. The maximum Gasteiger partial charge on any atom is 0.303 e. The highest BCUT2D eigenvalue weighted by atomic mass is 16.4. The van der Waals surface area contributed by atoms with Gasteiger partial charge in [0.15, 0.2) is 0 Å². The van der Waals surface area contributed by atoms with Crippen molar-refractivity contribution in [3.05, 3.63) is 53.6 Å². The average molecular weight is 309 g/mol. The highest BCUT2D eigenvalue weighted by Crippen LogP contribution is 2.31. The lowest BCUT2D eigenvalue weighted by Gasteiger charge is -2.13. The Hall–Kier alpha value is -2.29. The number of hydrogen-bond donors (Lipinski definition) is 1. The zero-order chi connectivity index (χ0) is 16.4. The molecular formula is C20H23NO2. The highest BCUT2D eigenvalue weighted by Gasteiger charge is 2.16. The SMILES string of the molecule is CC(CC(=O)O)Cc1ccc(-c2ccc3c(c2)CCN3C)cc1. The van der Waals surface area contributed by atoms with E-state index in [2.05, 4.69) is 54.4 Å². The van der Waals surface area contributed by atoms with Crippen molar-refractivity contribution in [2.45, 2.75) is 26.2 Å². The van der Waals surface area contributed by atoms with Crippen LogP contribution < -0.4 is 4.90 Å². The van der Waals surface area contributed by atoms with Gasteiger partial charge in [-0.2, -0.15) is 0 Å². The van der Waals surface area contributed by atoms with Crippen LogP contribution in [0.15, 0.2) is 42.5 Å². The summed E-state index contributed by atoms with van der Waals surface area (Å²) in [5.74, 6) is -0.564. The van der Waals surface area contributed by atoms with Crippen molar-refractivity contribution in [2.24, 2.45) is 5.92 Å². The third-order valence-electron chi connectivity index (χ3n) is 4.60. The molecule has 3 rings (SSSR count). The lowest BCUT2D eigenvalue weighted by atomic mass is 9.95. The van der Waals surface area contributed by atoms with E-state index in [0.717, 1.165) is 19.4 Å². The lowest BCUT2D eigenvalue weighted by molar-refractivity contribution is -0.137. The predicted octanol–water partition coefficient (Wildman–Crippen LogP) is 4.00. The van der Waals surface area contributed by atoms with Gasteiger partial charge in [0, 0.05) is 25.7 Å². The van der Waals surface area contributed by atoms with E-state index in [4.69, 9.17) is 5.11 Å². The molecule has 2 aromatic rings. The number of rotatable bonds is 5. The molecule has 1 N–H and O–H groups in total. The molecule has 0 fully saturated rings. The molecule has 1 aliphatic rings. The van der Waals surface area contributed by atoms with Crippen LogP contribution in [-0.4, -0.2) is 24.7 Å². The summed E-state index contributed by atoms with van der Waals surface area (Å²) in [4.78, 5) is 13.0. The smallest absolute Gasteiger partial charge is 0.303 e. The first-order valence-electron chi connectivity index (χ1n) is 8.18. The number of benzene rings is 2. The number of carboxylic acid groups (broad SMARTS) is 1. The second-order valence-electron chi connectivity index (χ2n) is 6.62. The monoisotopic (exact) mass is 309 g/mol. The summed E-state index contributed by atoms with van der Waals surface area (Å²) in [5.41, 5.74) is 6.43. The van der Waals surface area contributed by atoms with Crippen molar-refractivity contribution in [1.29, 1.82) is 0 Å². The number of carbonyl (C=O) groups is 1. The lowest BCUT2D eigenvalue weighted by Crippen LogP contribution is -2.12. The summed E-state index contributed by atoms with van der Waals surface area (Å²) in [7, 11) is 2.14. The second-order valence-corrected chi connectivity index (χ2v) is 6.62. The van der Waals surface area contributed by atoms with Gasteiger partial charge in [0.2, 0.25) is 0 Å². The molecule has 1 atom stereocenters. The van der Waals surface area contributed by atoms with Crippen molar-refractivity contribution < 1.29 is 9.90 Å². The van der Waals surface area contributed by atoms with Gasteiger partial charge in [-0.05, 0) is 53.1 Å². The van der Waals surface area contributed by atoms with Gasteiger partial charge in [0.1, 0.15) is 0 Å². The van der Waals surface area contributed by atoms with Gasteiger partial charge in [-0.25, -0.2) is 0 Å². The van der Waals surface area contributed by atoms with Crippen molar-refractivity contribution in [2.75, 3.05) is 18.5 Å². The van der Waals surface area contributed by atoms with E-state index in [1.165, 1.54) is 27.9 Å². The fraction of sp³-hybridized carbons (Fsp3) is 0.350. The van der Waals surface area contributed by atoms with E-state index in [0.29, 0.717) is 0 Å². The Bertz CT molecular complexity index is 706. The van der Waals surface area contributed by atoms with E-state index in [1.54, 1.807) is 0 Å². The zero-order valence-electron chi connectivity index (χ0n) is 13.7. The fourth-order valence-electron chi connectivity index (χ4n) is 3.35. The van der Waals surface area contributed by atoms with Crippen LogP contribution >= 0.6 is 0 Å². The quantitative estimate of drug-likeness (QED) is 0.907. The Morgan fingerprint density at radius 1 is 1.17 bits per heavy atom. The first-order chi connectivity index (χ1) is 11.0. The minimum atomic E-state index is -0.725. The predicted molar refractivity (Wildman–Crippen MR) is 94.0 cm³/mol. The second kappa shape index (κ2) is 6.45. The number of nitrogens with zero attached hydrogens (tertiary/aromatic N) is 1. The minimum Gasteiger partial charge on any atom is -0.481 e. The Labute approximate surface area is 137 Å². The van der Waals surface area contributed by atoms with Gasteiger partial charge >= 0.3 is 5.97 Å². The molecule has 0 aromatic heterocycles. The maximum absolute atomic E-state index is 10.8. The Balaban J connectivity index is 1.74. The molecule has 0 radical (unpaired) electrons. The molecule has 0 saturated heterocycles. The summed E-state index contributed by atoms with van der Waals surface area (Å²) in [5, 5.41) is 8.85. The molecule has 120 valence electrons. The van der Waals surface area contributed by atoms with Crippen LogP contribution in [0.1, 0.15) is 24.5 Å². The van der Waals surface area contributed by atoms with Crippen molar-refractivity contribution >= 4 is 11.7 Å². The number of carboxylic acids is 1. The van der Waals surface area contributed by atoms with Crippen LogP contribution in [-0.2, 0) is 17.6 Å².